The Labute approximate surface area is 115 Å². The second-order valence-corrected chi connectivity index (χ2v) is 4.94. The third kappa shape index (κ3) is 2.15. The number of hydrogen-bond donors (Lipinski definition) is 1. The normalized spacial score (nSPS) is 16.7. The number of halogens is 1. The van der Waals surface area contributed by atoms with Crippen molar-refractivity contribution in [3.05, 3.63) is 52.7 Å². The molecule has 1 aliphatic rings. The fourth-order valence-corrected chi connectivity index (χ4v) is 2.60. The number of para-hydroxylation sites is 1. The van der Waals surface area contributed by atoms with Crippen molar-refractivity contribution in [3.63, 3.8) is 0 Å². The van der Waals surface area contributed by atoms with Crippen LogP contribution in [0.25, 0.3) is 10.9 Å². The highest BCUT2D eigenvalue weighted by Gasteiger charge is 2.25. The Morgan fingerprint density at radius 3 is 2.84 bits per heavy atom. The van der Waals surface area contributed by atoms with Crippen LogP contribution in [0.5, 0.6) is 0 Å². The van der Waals surface area contributed by atoms with Crippen molar-refractivity contribution in [3.8, 4) is 0 Å². The number of carbonyl (C=O) groups is 1. The van der Waals surface area contributed by atoms with Gasteiger partial charge in [-0.2, -0.15) is 0 Å². The number of fused-ring (bicyclic) bond motifs is 1. The van der Waals surface area contributed by atoms with Gasteiger partial charge in [0.15, 0.2) is 5.78 Å². The zero-order valence-corrected chi connectivity index (χ0v) is 10.9. The zero-order valence-electron chi connectivity index (χ0n) is 10.1. The molecule has 3 nitrogen and oxygen atoms in total. The Hall–Kier alpha value is -1.71. The molecule has 3 rings (SSSR count). The number of aromatic nitrogens is 1. The van der Waals surface area contributed by atoms with Crippen molar-refractivity contribution in [2.75, 3.05) is 0 Å². The van der Waals surface area contributed by atoms with E-state index in [0.29, 0.717) is 24.0 Å². The van der Waals surface area contributed by atoms with Gasteiger partial charge in [-0.15, -0.1) is 0 Å². The summed E-state index contributed by atoms with van der Waals surface area (Å²) in [5, 5.41) is 11.5. The lowest BCUT2D eigenvalue weighted by atomic mass is 10.0. The van der Waals surface area contributed by atoms with Crippen LogP contribution in [-0.4, -0.2) is 15.9 Å². The van der Waals surface area contributed by atoms with Crippen LogP contribution in [-0.2, 0) is 4.79 Å². The van der Waals surface area contributed by atoms with Gasteiger partial charge in [0.05, 0.1) is 5.52 Å². The fourth-order valence-electron chi connectivity index (χ4n) is 2.35. The molecule has 1 heterocycles. The smallest absolute Gasteiger partial charge is 0.161 e. The minimum absolute atomic E-state index is 0.0169. The van der Waals surface area contributed by atoms with E-state index < -0.39 is 6.10 Å². The van der Waals surface area contributed by atoms with Crippen LogP contribution >= 0.6 is 11.6 Å². The van der Waals surface area contributed by atoms with Crippen molar-refractivity contribution in [2.45, 2.75) is 18.9 Å². The monoisotopic (exact) mass is 273 g/mol. The summed E-state index contributed by atoms with van der Waals surface area (Å²) in [4.78, 5) is 15.9. The second kappa shape index (κ2) is 4.76. The highest BCUT2D eigenvalue weighted by molar-refractivity contribution is 6.30. The first kappa shape index (κ1) is 12.3. The molecule has 4 heteroatoms. The lowest BCUT2D eigenvalue weighted by Gasteiger charge is -2.13. The van der Waals surface area contributed by atoms with E-state index in [0.717, 1.165) is 10.9 Å². The molecule has 96 valence electrons. The van der Waals surface area contributed by atoms with E-state index in [4.69, 9.17) is 11.6 Å². The fraction of sp³-hybridized carbons (Fsp3) is 0.200. The summed E-state index contributed by atoms with van der Waals surface area (Å²) in [6.45, 7) is 0. The number of allylic oxidation sites excluding steroid dienone is 1. The van der Waals surface area contributed by atoms with Gasteiger partial charge in [0.2, 0.25) is 0 Å². The molecule has 0 saturated carbocycles. The van der Waals surface area contributed by atoms with Gasteiger partial charge in [-0.05, 0) is 18.6 Å². The minimum Gasteiger partial charge on any atom is -0.383 e. The van der Waals surface area contributed by atoms with Gasteiger partial charge in [-0.1, -0.05) is 35.9 Å². The van der Waals surface area contributed by atoms with Gasteiger partial charge in [0.1, 0.15) is 11.3 Å². The molecular weight excluding hydrogens is 262 g/mol. The van der Waals surface area contributed by atoms with Crippen molar-refractivity contribution in [1.82, 2.24) is 4.98 Å². The maximum Gasteiger partial charge on any atom is 0.161 e. The highest BCUT2D eigenvalue weighted by Crippen LogP contribution is 2.33. The number of aliphatic hydroxyl groups excluding tert-OH is 1. The number of hydrogen-bond acceptors (Lipinski definition) is 3. The number of benzene rings is 1. The molecule has 19 heavy (non-hydrogen) atoms. The first-order chi connectivity index (χ1) is 9.16. The van der Waals surface area contributed by atoms with Gasteiger partial charge >= 0.3 is 0 Å². The molecule has 0 radical (unpaired) electrons. The molecule has 1 unspecified atom stereocenters. The Bertz CT molecular complexity index is 694. The first-order valence-electron chi connectivity index (χ1n) is 6.13. The molecule has 1 aliphatic carbocycles. The summed E-state index contributed by atoms with van der Waals surface area (Å²) in [5.74, 6) is -0.0169. The molecule has 0 fully saturated rings. The SMILES string of the molecule is O=C1CCC=C1C(O)c1cc2ccccc2nc1Cl. The first-order valence-corrected chi connectivity index (χ1v) is 6.51. The number of pyridine rings is 1. The largest absolute Gasteiger partial charge is 0.383 e. The van der Waals surface area contributed by atoms with Crippen LogP contribution in [0.1, 0.15) is 24.5 Å². The predicted molar refractivity (Wildman–Crippen MR) is 74.0 cm³/mol. The molecule has 1 atom stereocenters. The molecule has 0 aliphatic heterocycles. The maximum atomic E-state index is 11.7. The van der Waals surface area contributed by atoms with E-state index in [-0.39, 0.29) is 10.9 Å². The van der Waals surface area contributed by atoms with Crippen molar-refractivity contribution < 1.29 is 9.90 Å². The van der Waals surface area contributed by atoms with Gasteiger partial charge in [0.25, 0.3) is 0 Å². The van der Waals surface area contributed by atoms with Crippen LogP contribution in [0.2, 0.25) is 5.15 Å². The molecule has 0 spiro atoms. The van der Waals surface area contributed by atoms with Crippen LogP contribution < -0.4 is 0 Å². The average Bonchev–Trinajstić information content (AvgIpc) is 2.83. The summed E-state index contributed by atoms with van der Waals surface area (Å²) in [7, 11) is 0. The molecule has 1 aromatic carbocycles. The summed E-state index contributed by atoms with van der Waals surface area (Å²) in [6.07, 6.45) is 1.94. The van der Waals surface area contributed by atoms with Crippen LogP contribution in [0.15, 0.2) is 42.0 Å². The van der Waals surface area contributed by atoms with Gasteiger partial charge in [0, 0.05) is 22.9 Å². The van der Waals surface area contributed by atoms with Crippen molar-refractivity contribution >= 4 is 28.3 Å². The van der Waals surface area contributed by atoms with Gasteiger partial charge < -0.3 is 5.11 Å². The number of rotatable bonds is 2. The lowest BCUT2D eigenvalue weighted by Crippen LogP contribution is -2.08. The topological polar surface area (TPSA) is 50.2 Å². The Kier molecular flexibility index (Phi) is 3.09. The highest BCUT2D eigenvalue weighted by atomic mass is 35.5. The van der Waals surface area contributed by atoms with E-state index in [1.807, 2.05) is 24.3 Å². The summed E-state index contributed by atoms with van der Waals surface area (Å²) >= 11 is 6.11. The van der Waals surface area contributed by atoms with Crippen molar-refractivity contribution in [1.29, 1.82) is 0 Å². The summed E-state index contributed by atoms with van der Waals surface area (Å²) < 4.78 is 0. The molecule has 1 N–H and O–H groups in total. The standard InChI is InChI=1S/C15H12ClNO2/c16-15-11(14(19)10-5-3-7-13(10)18)8-9-4-1-2-6-12(9)17-15/h1-2,4-6,8,14,19H,3,7H2. The Morgan fingerprint density at radius 1 is 1.32 bits per heavy atom. The molecule has 1 aromatic heterocycles. The molecule has 0 amide bonds. The molecule has 0 bridgehead atoms. The van der Waals surface area contributed by atoms with Crippen LogP contribution in [0.4, 0.5) is 0 Å². The second-order valence-electron chi connectivity index (χ2n) is 4.58. The summed E-state index contributed by atoms with van der Waals surface area (Å²) in [6, 6.07) is 9.33. The number of nitrogens with zero attached hydrogens (tertiary/aromatic N) is 1. The third-order valence-corrected chi connectivity index (χ3v) is 3.65. The lowest BCUT2D eigenvalue weighted by molar-refractivity contribution is -0.115. The Balaban J connectivity index is 2.09. The third-order valence-electron chi connectivity index (χ3n) is 3.35. The molecular formula is C15H12ClNO2. The van der Waals surface area contributed by atoms with Crippen LogP contribution in [0.3, 0.4) is 0 Å². The predicted octanol–water partition coefficient (Wildman–Crippen LogP) is 3.21. The molecule has 2 aromatic rings. The van der Waals surface area contributed by atoms with E-state index in [2.05, 4.69) is 4.98 Å². The Morgan fingerprint density at radius 2 is 2.11 bits per heavy atom. The van der Waals surface area contributed by atoms with E-state index >= 15 is 0 Å². The number of ketones is 1. The quantitative estimate of drug-likeness (QED) is 0.855. The van der Waals surface area contributed by atoms with E-state index in [1.54, 1.807) is 12.1 Å². The van der Waals surface area contributed by atoms with Crippen molar-refractivity contribution in [2.24, 2.45) is 0 Å². The average molecular weight is 274 g/mol. The van der Waals surface area contributed by atoms with Gasteiger partial charge in [-0.25, -0.2) is 4.98 Å². The molecule has 0 saturated heterocycles. The van der Waals surface area contributed by atoms with E-state index in [1.165, 1.54) is 0 Å². The van der Waals surface area contributed by atoms with Gasteiger partial charge in [-0.3, -0.25) is 4.79 Å². The number of carbonyl (C=O) groups excluding carboxylic acids is 1. The maximum absolute atomic E-state index is 11.7. The zero-order chi connectivity index (χ0) is 13.4. The van der Waals surface area contributed by atoms with Crippen LogP contribution in [0, 0.1) is 0 Å². The number of Topliss-reactive ketones (excluding diaryl/α,β-unsaturated/α-hetero) is 1. The number of aliphatic hydroxyl groups is 1. The summed E-state index contributed by atoms with van der Waals surface area (Å²) in [5.41, 5.74) is 1.69. The van der Waals surface area contributed by atoms with E-state index in [9.17, 15) is 9.90 Å². The minimum atomic E-state index is -0.986.